The number of fused-ring (bicyclic) bond motifs is 1. The summed E-state index contributed by atoms with van der Waals surface area (Å²) in [6, 6.07) is 6.47. The number of benzene rings is 1. The number of piperidine rings is 1. The Hall–Kier alpha value is -1.84. The van der Waals surface area contributed by atoms with Gasteiger partial charge in [0.05, 0.1) is 6.42 Å². The molecule has 0 spiro atoms. The van der Waals surface area contributed by atoms with E-state index in [1.54, 1.807) is 0 Å². The molecule has 1 saturated heterocycles. The highest BCUT2D eigenvalue weighted by atomic mass is 16.4. The highest BCUT2D eigenvalue weighted by Crippen LogP contribution is 2.24. The molecule has 1 amide bonds. The van der Waals surface area contributed by atoms with E-state index in [4.69, 9.17) is 5.11 Å². The summed E-state index contributed by atoms with van der Waals surface area (Å²) in [4.78, 5) is 25.2. The Bertz CT molecular complexity index is 596. The number of aryl methyl sites for hydroxylation is 2. The van der Waals surface area contributed by atoms with E-state index in [0.29, 0.717) is 18.8 Å². The lowest BCUT2D eigenvalue weighted by Gasteiger charge is -2.32. The second-order valence-electron chi connectivity index (χ2n) is 6.91. The SMILES string of the molecule is O=C(O)CC[C@H]1CCCN(C(=O)Cc2ccc3c(c2)CCC3)C1. The van der Waals surface area contributed by atoms with Crippen molar-refractivity contribution >= 4 is 11.9 Å². The minimum absolute atomic E-state index is 0.183. The van der Waals surface area contributed by atoms with Crippen LogP contribution in [-0.4, -0.2) is 35.0 Å². The molecule has 1 aromatic rings. The van der Waals surface area contributed by atoms with Gasteiger partial charge in [0, 0.05) is 19.5 Å². The number of aliphatic carboxylic acids is 1. The zero-order valence-corrected chi connectivity index (χ0v) is 13.6. The maximum atomic E-state index is 12.6. The minimum Gasteiger partial charge on any atom is -0.481 e. The molecule has 3 rings (SSSR count). The fourth-order valence-corrected chi connectivity index (χ4v) is 3.88. The number of carbonyl (C=O) groups is 2. The maximum absolute atomic E-state index is 12.6. The third-order valence-corrected chi connectivity index (χ3v) is 5.16. The summed E-state index contributed by atoms with van der Waals surface area (Å²) < 4.78 is 0. The Morgan fingerprint density at radius 3 is 2.83 bits per heavy atom. The summed E-state index contributed by atoms with van der Waals surface area (Å²) >= 11 is 0. The molecule has 4 heteroatoms. The van der Waals surface area contributed by atoms with Gasteiger partial charge in [0.1, 0.15) is 0 Å². The van der Waals surface area contributed by atoms with Crippen molar-refractivity contribution in [1.29, 1.82) is 0 Å². The largest absolute Gasteiger partial charge is 0.481 e. The van der Waals surface area contributed by atoms with Crippen LogP contribution in [0.4, 0.5) is 0 Å². The molecule has 1 aliphatic carbocycles. The number of carbonyl (C=O) groups excluding carboxylic acids is 1. The molecule has 0 saturated carbocycles. The van der Waals surface area contributed by atoms with Crippen LogP contribution in [-0.2, 0) is 28.9 Å². The van der Waals surface area contributed by atoms with E-state index in [1.165, 1.54) is 24.0 Å². The maximum Gasteiger partial charge on any atom is 0.303 e. The van der Waals surface area contributed by atoms with E-state index in [1.807, 2.05) is 4.90 Å². The van der Waals surface area contributed by atoms with E-state index in [2.05, 4.69) is 18.2 Å². The number of hydrogen-bond donors (Lipinski definition) is 1. The van der Waals surface area contributed by atoms with Gasteiger partial charge in [-0.05, 0) is 61.1 Å². The van der Waals surface area contributed by atoms with Crippen LogP contribution in [0.1, 0.15) is 48.8 Å². The molecular weight excluding hydrogens is 290 g/mol. The normalized spacial score (nSPS) is 20.3. The van der Waals surface area contributed by atoms with Crippen molar-refractivity contribution in [2.75, 3.05) is 13.1 Å². The third-order valence-electron chi connectivity index (χ3n) is 5.16. The van der Waals surface area contributed by atoms with Crippen LogP contribution >= 0.6 is 0 Å². The Balaban J connectivity index is 1.56. The molecular formula is C19H25NO3. The highest BCUT2D eigenvalue weighted by molar-refractivity contribution is 5.79. The standard InChI is InChI=1S/C19H25NO3/c21-18(12-15-6-8-16-4-1-5-17(16)11-15)20-10-2-3-14(13-20)7-9-19(22)23/h6,8,11,14H,1-5,7,9-10,12-13H2,(H,22,23)/t14-/m1/s1. The molecule has 4 nitrogen and oxygen atoms in total. The number of hydrogen-bond acceptors (Lipinski definition) is 2. The van der Waals surface area contributed by atoms with Crippen molar-refractivity contribution in [3.63, 3.8) is 0 Å². The Morgan fingerprint density at radius 1 is 1.17 bits per heavy atom. The number of rotatable bonds is 5. The number of carboxylic acids is 1. The van der Waals surface area contributed by atoms with Crippen molar-refractivity contribution in [2.24, 2.45) is 5.92 Å². The lowest BCUT2D eigenvalue weighted by Crippen LogP contribution is -2.40. The molecule has 1 aromatic carbocycles. The first kappa shape index (κ1) is 16.0. The molecule has 1 heterocycles. The van der Waals surface area contributed by atoms with Crippen LogP contribution in [0.25, 0.3) is 0 Å². The van der Waals surface area contributed by atoms with Gasteiger partial charge < -0.3 is 10.0 Å². The predicted octanol–water partition coefficient (Wildman–Crippen LogP) is 2.82. The zero-order valence-electron chi connectivity index (χ0n) is 13.6. The molecule has 23 heavy (non-hydrogen) atoms. The van der Waals surface area contributed by atoms with Gasteiger partial charge >= 0.3 is 5.97 Å². The minimum atomic E-state index is -0.744. The molecule has 1 N–H and O–H groups in total. The molecule has 0 bridgehead atoms. The molecule has 2 aliphatic rings. The lowest BCUT2D eigenvalue weighted by molar-refractivity contribution is -0.137. The van der Waals surface area contributed by atoms with Crippen molar-refractivity contribution < 1.29 is 14.7 Å². The molecule has 0 radical (unpaired) electrons. The van der Waals surface area contributed by atoms with E-state index < -0.39 is 5.97 Å². The molecule has 0 unspecified atom stereocenters. The molecule has 1 fully saturated rings. The van der Waals surface area contributed by atoms with Gasteiger partial charge in [0.25, 0.3) is 0 Å². The van der Waals surface area contributed by atoms with Crippen LogP contribution in [0.2, 0.25) is 0 Å². The summed E-state index contributed by atoms with van der Waals surface area (Å²) in [5.41, 5.74) is 3.96. The van der Waals surface area contributed by atoms with Gasteiger partial charge in [-0.2, -0.15) is 0 Å². The molecule has 0 aromatic heterocycles. The van der Waals surface area contributed by atoms with Gasteiger partial charge in [-0.25, -0.2) is 0 Å². The number of amides is 1. The Morgan fingerprint density at radius 2 is 2.00 bits per heavy atom. The van der Waals surface area contributed by atoms with Crippen LogP contribution < -0.4 is 0 Å². The van der Waals surface area contributed by atoms with Crippen LogP contribution in [0, 0.1) is 5.92 Å². The number of nitrogens with zero attached hydrogens (tertiary/aromatic N) is 1. The van der Waals surface area contributed by atoms with Crippen molar-refractivity contribution in [1.82, 2.24) is 4.90 Å². The molecule has 1 atom stereocenters. The highest BCUT2D eigenvalue weighted by Gasteiger charge is 2.24. The van der Waals surface area contributed by atoms with E-state index in [-0.39, 0.29) is 12.3 Å². The zero-order chi connectivity index (χ0) is 16.2. The van der Waals surface area contributed by atoms with Gasteiger partial charge in [-0.15, -0.1) is 0 Å². The first-order valence-corrected chi connectivity index (χ1v) is 8.72. The summed E-state index contributed by atoms with van der Waals surface area (Å²) in [6.07, 6.45) is 6.91. The monoisotopic (exact) mass is 315 g/mol. The quantitative estimate of drug-likeness (QED) is 0.909. The molecule has 124 valence electrons. The van der Waals surface area contributed by atoms with Gasteiger partial charge in [-0.1, -0.05) is 18.2 Å². The van der Waals surface area contributed by atoms with Gasteiger partial charge in [0.2, 0.25) is 5.91 Å². The van der Waals surface area contributed by atoms with Crippen LogP contribution in [0.15, 0.2) is 18.2 Å². The van der Waals surface area contributed by atoms with Gasteiger partial charge in [-0.3, -0.25) is 9.59 Å². The average molecular weight is 315 g/mol. The first-order chi connectivity index (χ1) is 11.1. The summed E-state index contributed by atoms with van der Waals surface area (Å²) in [7, 11) is 0. The van der Waals surface area contributed by atoms with Crippen molar-refractivity contribution in [2.45, 2.75) is 51.4 Å². The number of carboxylic acid groups (broad SMARTS) is 1. The molecule has 1 aliphatic heterocycles. The summed E-state index contributed by atoms with van der Waals surface area (Å²) in [6.45, 7) is 1.53. The summed E-state index contributed by atoms with van der Waals surface area (Å²) in [5, 5.41) is 8.81. The topological polar surface area (TPSA) is 57.6 Å². The van der Waals surface area contributed by atoms with Crippen molar-refractivity contribution in [3.8, 4) is 0 Å². The van der Waals surface area contributed by atoms with Gasteiger partial charge in [0.15, 0.2) is 0 Å². The Kier molecular flexibility index (Phi) is 4.99. The fourth-order valence-electron chi connectivity index (χ4n) is 3.88. The predicted molar refractivity (Wildman–Crippen MR) is 88.3 cm³/mol. The van der Waals surface area contributed by atoms with E-state index >= 15 is 0 Å². The van der Waals surface area contributed by atoms with E-state index in [0.717, 1.165) is 37.9 Å². The second kappa shape index (κ2) is 7.16. The lowest BCUT2D eigenvalue weighted by atomic mass is 9.93. The van der Waals surface area contributed by atoms with Crippen molar-refractivity contribution in [3.05, 3.63) is 34.9 Å². The number of likely N-dealkylation sites (tertiary alicyclic amines) is 1. The van der Waals surface area contributed by atoms with E-state index in [9.17, 15) is 9.59 Å². The average Bonchev–Trinajstić information content (AvgIpc) is 3.01. The first-order valence-electron chi connectivity index (χ1n) is 8.72. The summed E-state index contributed by atoms with van der Waals surface area (Å²) in [5.74, 6) is -0.224. The smallest absolute Gasteiger partial charge is 0.303 e. The Labute approximate surface area is 137 Å². The fraction of sp³-hybridized carbons (Fsp3) is 0.579. The second-order valence-corrected chi connectivity index (χ2v) is 6.91. The third kappa shape index (κ3) is 4.12. The van der Waals surface area contributed by atoms with Crippen LogP contribution in [0.5, 0.6) is 0 Å². The van der Waals surface area contributed by atoms with Crippen LogP contribution in [0.3, 0.4) is 0 Å².